The molecule has 0 aliphatic carbocycles. The molecule has 6 heteroatoms. The van der Waals surface area contributed by atoms with E-state index in [0.717, 1.165) is 10.8 Å². The smallest absolute Gasteiger partial charge is 0.261 e. The monoisotopic (exact) mass is 391 g/mol. The highest BCUT2D eigenvalue weighted by Gasteiger charge is 2.18. The number of fused-ring (bicyclic) bond motifs is 2. The number of benzene rings is 3. The van der Waals surface area contributed by atoms with Gasteiger partial charge in [-0.25, -0.2) is 4.98 Å². The van der Waals surface area contributed by atoms with E-state index in [1.165, 1.54) is 4.57 Å². The Labute approximate surface area is 166 Å². The predicted octanol–water partition coefficient (Wildman–Crippen LogP) is 4.23. The van der Waals surface area contributed by atoms with Crippen molar-refractivity contribution in [3.8, 4) is 0 Å². The minimum absolute atomic E-state index is 0.178. The molecule has 0 fully saturated rings. The molecule has 0 bridgehead atoms. The van der Waals surface area contributed by atoms with Gasteiger partial charge in [0, 0.05) is 17.6 Å². The fourth-order valence-electron chi connectivity index (χ4n) is 3.41. The first-order valence-electron chi connectivity index (χ1n) is 8.90. The summed E-state index contributed by atoms with van der Waals surface area (Å²) < 4.78 is 1.46. The number of halogens is 1. The third kappa shape index (κ3) is 3.14. The van der Waals surface area contributed by atoms with Crippen molar-refractivity contribution in [1.29, 1.82) is 0 Å². The van der Waals surface area contributed by atoms with Crippen LogP contribution in [0.25, 0.3) is 21.7 Å². The quantitative estimate of drug-likeness (QED) is 0.568. The first-order chi connectivity index (χ1) is 13.5. The minimum atomic E-state index is -0.465. The van der Waals surface area contributed by atoms with E-state index in [1.54, 1.807) is 38.2 Å². The van der Waals surface area contributed by atoms with Crippen LogP contribution < -0.4 is 10.9 Å². The zero-order valence-electron chi connectivity index (χ0n) is 15.4. The molecule has 1 heterocycles. The van der Waals surface area contributed by atoms with Gasteiger partial charge in [0.15, 0.2) is 0 Å². The summed E-state index contributed by atoms with van der Waals surface area (Å²) in [6, 6.07) is 17.9. The van der Waals surface area contributed by atoms with Crippen LogP contribution in [0.4, 0.5) is 0 Å². The van der Waals surface area contributed by atoms with Gasteiger partial charge in [0.1, 0.15) is 5.82 Å². The molecule has 0 aliphatic rings. The zero-order valence-corrected chi connectivity index (χ0v) is 16.2. The van der Waals surface area contributed by atoms with Crippen molar-refractivity contribution in [2.75, 3.05) is 0 Å². The maximum absolute atomic E-state index is 12.9. The Balaban J connectivity index is 1.72. The fraction of sp³-hybridized carbons (Fsp3) is 0.136. The summed E-state index contributed by atoms with van der Waals surface area (Å²) in [6.45, 7) is 1.81. The molecule has 1 amide bonds. The fourth-order valence-corrected chi connectivity index (χ4v) is 3.58. The SMILES string of the molecule is CC(NC(=O)c1cccc2ccccc12)c1nc2cc(Cl)ccc2c(=O)n1C. The van der Waals surface area contributed by atoms with Crippen LogP contribution in [0.5, 0.6) is 0 Å². The lowest BCUT2D eigenvalue weighted by Crippen LogP contribution is -2.32. The second-order valence-corrected chi connectivity index (χ2v) is 7.15. The van der Waals surface area contributed by atoms with E-state index in [4.69, 9.17) is 11.6 Å². The second-order valence-electron chi connectivity index (χ2n) is 6.72. The van der Waals surface area contributed by atoms with Gasteiger partial charge in [0.05, 0.1) is 16.9 Å². The van der Waals surface area contributed by atoms with E-state index in [2.05, 4.69) is 10.3 Å². The summed E-state index contributed by atoms with van der Waals surface area (Å²) in [6.07, 6.45) is 0. The normalized spacial score (nSPS) is 12.2. The highest BCUT2D eigenvalue weighted by atomic mass is 35.5. The molecule has 3 aromatic carbocycles. The summed E-state index contributed by atoms with van der Waals surface area (Å²) in [5.41, 5.74) is 0.915. The molecule has 0 aliphatic heterocycles. The van der Waals surface area contributed by atoms with Crippen LogP contribution in [0.15, 0.2) is 65.5 Å². The average molecular weight is 392 g/mol. The molecule has 4 rings (SSSR count). The maximum atomic E-state index is 12.9. The summed E-state index contributed by atoms with van der Waals surface area (Å²) in [7, 11) is 1.65. The van der Waals surface area contributed by atoms with E-state index >= 15 is 0 Å². The number of nitrogens with one attached hydrogen (secondary N) is 1. The van der Waals surface area contributed by atoms with Gasteiger partial charge in [-0.2, -0.15) is 0 Å². The van der Waals surface area contributed by atoms with Gasteiger partial charge in [-0.05, 0) is 42.0 Å². The van der Waals surface area contributed by atoms with Gasteiger partial charge in [0.2, 0.25) is 0 Å². The van der Waals surface area contributed by atoms with Crippen LogP contribution >= 0.6 is 11.6 Å². The van der Waals surface area contributed by atoms with Gasteiger partial charge < -0.3 is 5.32 Å². The number of aromatic nitrogens is 2. The largest absolute Gasteiger partial charge is 0.342 e. The molecule has 140 valence electrons. The Bertz CT molecular complexity index is 1270. The summed E-state index contributed by atoms with van der Waals surface area (Å²) >= 11 is 6.04. The molecule has 0 radical (unpaired) electrons. The number of hydrogen-bond donors (Lipinski definition) is 1. The predicted molar refractivity (Wildman–Crippen MR) is 112 cm³/mol. The topological polar surface area (TPSA) is 64.0 Å². The Morgan fingerprint density at radius 1 is 1.07 bits per heavy atom. The molecule has 5 nitrogen and oxygen atoms in total. The number of nitrogens with zero attached hydrogens (tertiary/aromatic N) is 2. The highest BCUT2D eigenvalue weighted by molar-refractivity contribution is 6.31. The lowest BCUT2D eigenvalue weighted by atomic mass is 10.0. The van der Waals surface area contributed by atoms with E-state index in [-0.39, 0.29) is 11.5 Å². The lowest BCUT2D eigenvalue weighted by Gasteiger charge is -2.18. The molecule has 1 atom stereocenters. The van der Waals surface area contributed by atoms with Gasteiger partial charge in [-0.1, -0.05) is 48.0 Å². The summed E-state index contributed by atoms with van der Waals surface area (Å²) in [4.78, 5) is 30.1. The van der Waals surface area contributed by atoms with Crippen molar-refractivity contribution in [1.82, 2.24) is 14.9 Å². The first-order valence-corrected chi connectivity index (χ1v) is 9.28. The molecule has 28 heavy (non-hydrogen) atoms. The number of rotatable bonds is 3. The van der Waals surface area contributed by atoms with E-state index in [0.29, 0.717) is 27.3 Å². The molecule has 0 saturated carbocycles. The van der Waals surface area contributed by atoms with Crippen molar-refractivity contribution in [2.24, 2.45) is 7.05 Å². The number of amides is 1. The van der Waals surface area contributed by atoms with Crippen LogP contribution in [0.1, 0.15) is 29.1 Å². The maximum Gasteiger partial charge on any atom is 0.261 e. The third-order valence-corrected chi connectivity index (χ3v) is 5.08. The summed E-state index contributed by atoms with van der Waals surface area (Å²) in [5.74, 6) is 0.248. The average Bonchev–Trinajstić information content (AvgIpc) is 2.69. The molecule has 4 aromatic rings. The molecule has 1 aromatic heterocycles. The van der Waals surface area contributed by atoms with E-state index in [1.807, 2.05) is 36.4 Å². The van der Waals surface area contributed by atoms with E-state index < -0.39 is 6.04 Å². The van der Waals surface area contributed by atoms with Gasteiger partial charge in [-0.3, -0.25) is 14.2 Å². The second kappa shape index (κ2) is 7.09. The van der Waals surface area contributed by atoms with Crippen LogP contribution in [0, 0.1) is 0 Å². The van der Waals surface area contributed by atoms with Crippen molar-refractivity contribution in [3.05, 3.63) is 87.4 Å². The Morgan fingerprint density at radius 3 is 2.64 bits per heavy atom. The van der Waals surface area contributed by atoms with Crippen molar-refractivity contribution >= 4 is 39.2 Å². The molecule has 1 unspecified atom stereocenters. The molecular weight excluding hydrogens is 374 g/mol. The Kier molecular flexibility index (Phi) is 4.61. The van der Waals surface area contributed by atoms with Gasteiger partial charge in [-0.15, -0.1) is 0 Å². The third-order valence-electron chi connectivity index (χ3n) is 4.84. The number of carbonyl (C=O) groups excluding carboxylic acids is 1. The number of carbonyl (C=O) groups is 1. The standard InChI is InChI=1S/C22H18ClN3O2/c1-13(20-25-19-12-15(23)10-11-18(19)22(28)26(20)2)24-21(27)17-9-5-7-14-6-3-4-8-16(14)17/h3-13H,1-2H3,(H,24,27). The Hall–Kier alpha value is -3.18. The molecule has 0 spiro atoms. The minimum Gasteiger partial charge on any atom is -0.342 e. The van der Waals surface area contributed by atoms with Crippen LogP contribution in [-0.2, 0) is 7.05 Å². The highest BCUT2D eigenvalue weighted by Crippen LogP contribution is 2.21. The summed E-state index contributed by atoms with van der Waals surface area (Å²) in [5, 5.41) is 5.82. The van der Waals surface area contributed by atoms with Crippen molar-refractivity contribution < 1.29 is 4.79 Å². The van der Waals surface area contributed by atoms with Gasteiger partial charge >= 0.3 is 0 Å². The van der Waals surface area contributed by atoms with E-state index in [9.17, 15) is 9.59 Å². The molecular formula is C22H18ClN3O2. The zero-order chi connectivity index (χ0) is 19.8. The Morgan fingerprint density at radius 2 is 1.82 bits per heavy atom. The lowest BCUT2D eigenvalue weighted by molar-refractivity contribution is 0.0939. The van der Waals surface area contributed by atoms with Crippen LogP contribution in [0.3, 0.4) is 0 Å². The molecule has 1 N–H and O–H groups in total. The first kappa shape index (κ1) is 18.2. The number of hydrogen-bond acceptors (Lipinski definition) is 3. The van der Waals surface area contributed by atoms with Crippen LogP contribution in [-0.4, -0.2) is 15.5 Å². The van der Waals surface area contributed by atoms with Crippen molar-refractivity contribution in [2.45, 2.75) is 13.0 Å². The van der Waals surface area contributed by atoms with Crippen LogP contribution in [0.2, 0.25) is 5.02 Å². The van der Waals surface area contributed by atoms with Crippen molar-refractivity contribution in [3.63, 3.8) is 0 Å². The van der Waals surface area contributed by atoms with Gasteiger partial charge in [0.25, 0.3) is 11.5 Å². The molecule has 0 saturated heterocycles.